The van der Waals surface area contributed by atoms with Crippen molar-refractivity contribution in [2.75, 3.05) is 6.61 Å². The number of rotatable bonds is 3. The van der Waals surface area contributed by atoms with Gasteiger partial charge in [0.1, 0.15) is 6.10 Å². The average molecular weight is 283 g/mol. The van der Waals surface area contributed by atoms with E-state index in [9.17, 15) is 9.90 Å². The van der Waals surface area contributed by atoms with Crippen LogP contribution in [0.25, 0.3) is 16.6 Å². The molecule has 0 saturated carbocycles. The highest BCUT2D eigenvalue weighted by Gasteiger charge is 2.11. The Kier molecular flexibility index (Phi) is 3.47. The van der Waals surface area contributed by atoms with Gasteiger partial charge in [-0.05, 0) is 23.8 Å². The van der Waals surface area contributed by atoms with Crippen molar-refractivity contribution in [3.8, 4) is 5.82 Å². The second-order valence-electron chi connectivity index (χ2n) is 4.59. The van der Waals surface area contributed by atoms with Crippen molar-refractivity contribution in [2.45, 2.75) is 6.10 Å². The number of pyridine rings is 1. The van der Waals surface area contributed by atoms with Gasteiger partial charge in [-0.1, -0.05) is 18.2 Å². The van der Waals surface area contributed by atoms with Crippen LogP contribution in [0.1, 0.15) is 11.7 Å². The summed E-state index contributed by atoms with van der Waals surface area (Å²) in [6, 6.07) is 10.1. The molecule has 6 nitrogen and oxygen atoms in total. The number of hydrogen-bond donors (Lipinski definition) is 2. The average Bonchev–Trinajstić information content (AvgIpc) is 2.55. The van der Waals surface area contributed by atoms with E-state index in [1.807, 2.05) is 0 Å². The lowest BCUT2D eigenvalue weighted by Crippen LogP contribution is -2.22. The molecule has 3 rings (SSSR count). The third kappa shape index (κ3) is 2.42. The Labute approximate surface area is 119 Å². The molecule has 1 unspecified atom stereocenters. The fraction of sp³-hybridized carbons (Fsp3) is 0.133. The Morgan fingerprint density at radius 1 is 1.24 bits per heavy atom. The molecular formula is C15H13N3O3. The van der Waals surface area contributed by atoms with Crippen molar-refractivity contribution in [3.63, 3.8) is 0 Å². The van der Waals surface area contributed by atoms with Crippen LogP contribution in [0.15, 0.2) is 53.6 Å². The van der Waals surface area contributed by atoms with Gasteiger partial charge in [-0.15, -0.1) is 0 Å². The summed E-state index contributed by atoms with van der Waals surface area (Å²) in [6.07, 6.45) is 2.14. The molecule has 1 aromatic carbocycles. The van der Waals surface area contributed by atoms with Gasteiger partial charge in [-0.3, -0.25) is 4.79 Å². The first-order chi connectivity index (χ1) is 10.2. The monoisotopic (exact) mass is 283 g/mol. The zero-order chi connectivity index (χ0) is 14.8. The predicted molar refractivity (Wildman–Crippen MR) is 77.2 cm³/mol. The number of nitrogens with zero attached hydrogens (tertiary/aromatic N) is 3. The molecular weight excluding hydrogens is 270 g/mol. The van der Waals surface area contributed by atoms with Gasteiger partial charge in [0.2, 0.25) is 0 Å². The standard InChI is InChI=1S/C15H13N3O3/c19-9-13(20)10-4-5-11-8-17-18(15(21)12(11)7-10)14-3-1-2-6-16-14/h1-8,13,19-20H,9H2. The van der Waals surface area contributed by atoms with E-state index < -0.39 is 12.7 Å². The van der Waals surface area contributed by atoms with Gasteiger partial charge in [0.05, 0.1) is 18.2 Å². The lowest BCUT2D eigenvalue weighted by molar-refractivity contribution is 0.0957. The molecule has 0 saturated heterocycles. The van der Waals surface area contributed by atoms with Crippen LogP contribution in [0.2, 0.25) is 0 Å². The minimum absolute atomic E-state index is 0.321. The summed E-state index contributed by atoms with van der Waals surface area (Å²) in [5, 5.41) is 23.9. The molecule has 0 aliphatic heterocycles. The molecule has 6 heteroatoms. The van der Waals surface area contributed by atoms with E-state index >= 15 is 0 Å². The van der Waals surface area contributed by atoms with Crippen LogP contribution in [-0.2, 0) is 0 Å². The first-order valence-corrected chi connectivity index (χ1v) is 6.43. The number of benzene rings is 1. The SMILES string of the molecule is O=c1c2cc(C(O)CO)ccc2cnn1-c1ccccn1. The number of aliphatic hydroxyl groups excluding tert-OH is 2. The zero-order valence-electron chi connectivity index (χ0n) is 11.0. The van der Waals surface area contributed by atoms with Crippen LogP contribution in [0, 0.1) is 0 Å². The van der Waals surface area contributed by atoms with Gasteiger partial charge in [0.25, 0.3) is 5.56 Å². The minimum Gasteiger partial charge on any atom is -0.393 e. The first-order valence-electron chi connectivity index (χ1n) is 6.43. The van der Waals surface area contributed by atoms with Crippen LogP contribution in [0.5, 0.6) is 0 Å². The summed E-state index contributed by atoms with van der Waals surface area (Å²) in [5.74, 6) is 0.428. The summed E-state index contributed by atoms with van der Waals surface area (Å²) >= 11 is 0. The Morgan fingerprint density at radius 3 is 2.81 bits per heavy atom. The van der Waals surface area contributed by atoms with E-state index in [0.717, 1.165) is 0 Å². The molecule has 0 amide bonds. The second kappa shape index (κ2) is 5.43. The summed E-state index contributed by atoms with van der Waals surface area (Å²) in [4.78, 5) is 16.6. The van der Waals surface area contributed by atoms with Gasteiger partial charge in [0.15, 0.2) is 5.82 Å². The molecule has 106 valence electrons. The topological polar surface area (TPSA) is 88.2 Å². The van der Waals surface area contributed by atoms with E-state index in [2.05, 4.69) is 10.1 Å². The quantitative estimate of drug-likeness (QED) is 0.742. The normalized spacial score (nSPS) is 12.5. The fourth-order valence-electron chi connectivity index (χ4n) is 2.11. The molecule has 3 aromatic rings. The highest BCUT2D eigenvalue weighted by atomic mass is 16.3. The molecule has 21 heavy (non-hydrogen) atoms. The number of fused-ring (bicyclic) bond motifs is 1. The van der Waals surface area contributed by atoms with Crippen molar-refractivity contribution in [2.24, 2.45) is 0 Å². The highest BCUT2D eigenvalue weighted by Crippen LogP contribution is 2.17. The molecule has 0 radical (unpaired) electrons. The Bertz CT molecular complexity index is 830. The Hall–Kier alpha value is -2.57. The van der Waals surface area contributed by atoms with E-state index in [4.69, 9.17) is 5.11 Å². The largest absolute Gasteiger partial charge is 0.393 e. The molecule has 0 spiro atoms. The van der Waals surface area contributed by atoms with Gasteiger partial charge >= 0.3 is 0 Å². The Morgan fingerprint density at radius 2 is 2.10 bits per heavy atom. The maximum atomic E-state index is 12.5. The lowest BCUT2D eigenvalue weighted by atomic mass is 10.1. The highest BCUT2D eigenvalue weighted by molar-refractivity contribution is 5.81. The third-order valence-electron chi connectivity index (χ3n) is 3.24. The fourth-order valence-corrected chi connectivity index (χ4v) is 2.11. The minimum atomic E-state index is -1.01. The van der Waals surface area contributed by atoms with Crippen molar-refractivity contribution < 1.29 is 10.2 Å². The van der Waals surface area contributed by atoms with Crippen molar-refractivity contribution in [1.29, 1.82) is 0 Å². The second-order valence-corrected chi connectivity index (χ2v) is 4.59. The van der Waals surface area contributed by atoms with Gasteiger partial charge in [-0.25, -0.2) is 4.98 Å². The zero-order valence-corrected chi connectivity index (χ0v) is 11.0. The van der Waals surface area contributed by atoms with E-state index in [-0.39, 0.29) is 5.56 Å². The number of hydrogen-bond acceptors (Lipinski definition) is 5. The first kappa shape index (κ1) is 13.4. The lowest BCUT2D eigenvalue weighted by Gasteiger charge is -2.09. The summed E-state index contributed by atoms with van der Waals surface area (Å²) in [6.45, 7) is -0.398. The molecule has 1 atom stereocenters. The van der Waals surface area contributed by atoms with Gasteiger partial charge in [-0.2, -0.15) is 9.78 Å². The molecule has 0 aliphatic carbocycles. The summed E-state index contributed by atoms with van der Waals surface area (Å²) in [7, 11) is 0. The summed E-state index contributed by atoms with van der Waals surface area (Å²) in [5.41, 5.74) is 0.166. The van der Waals surface area contributed by atoms with Gasteiger partial charge in [0, 0.05) is 11.6 Å². The smallest absolute Gasteiger partial charge is 0.280 e. The number of aromatic nitrogens is 3. The van der Waals surface area contributed by atoms with Crippen LogP contribution >= 0.6 is 0 Å². The maximum Gasteiger partial charge on any atom is 0.280 e. The molecule has 0 fully saturated rings. The third-order valence-corrected chi connectivity index (χ3v) is 3.24. The van der Waals surface area contributed by atoms with Crippen LogP contribution in [-0.4, -0.2) is 31.6 Å². The molecule has 2 N–H and O–H groups in total. The molecule has 0 bridgehead atoms. The Balaban J connectivity index is 2.22. The molecule has 2 aromatic heterocycles. The van der Waals surface area contributed by atoms with E-state index in [1.165, 1.54) is 4.68 Å². The predicted octanol–water partition coefficient (Wildman–Crippen LogP) is 0.806. The van der Waals surface area contributed by atoms with Crippen LogP contribution in [0.3, 0.4) is 0 Å². The molecule has 0 aliphatic rings. The van der Waals surface area contributed by atoms with Crippen LogP contribution < -0.4 is 5.56 Å². The number of aliphatic hydroxyl groups is 2. The van der Waals surface area contributed by atoms with Crippen molar-refractivity contribution in [3.05, 3.63) is 64.7 Å². The van der Waals surface area contributed by atoms with Crippen LogP contribution in [0.4, 0.5) is 0 Å². The maximum absolute atomic E-state index is 12.5. The van der Waals surface area contributed by atoms with Crippen molar-refractivity contribution in [1.82, 2.24) is 14.8 Å². The van der Waals surface area contributed by atoms with Gasteiger partial charge < -0.3 is 10.2 Å². The van der Waals surface area contributed by atoms with E-state index in [1.54, 1.807) is 48.8 Å². The van der Waals surface area contributed by atoms with E-state index in [0.29, 0.717) is 22.2 Å². The molecule has 2 heterocycles. The summed E-state index contributed by atoms with van der Waals surface area (Å²) < 4.78 is 1.21. The van der Waals surface area contributed by atoms with Crippen molar-refractivity contribution >= 4 is 10.8 Å².